The maximum Gasteiger partial charge on any atom is 0.203 e. The average molecular weight is 320 g/mol. The number of rotatable bonds is 4. The molecule has 23 heavy (non-hydrogen) atoms. The predicted molar refractivity (Wildman–Crippen MR) is 91.6 cm³/mol. The summed E-state index contributed by atoms with van der Waals surface area (Å²) in [6, 6.07) is 16.3. The van der Waals surface area contributed by atoms with Crippen molar-refractivity contribution in [2.45, 2.75) is 0 Å². The molecule has 6 heteroatoms. The van der Waals surface area contributed by atoms with Crippen LogP contribution in [0.1, 0.15) is 11.1 Å². The second kappa shape index (κ2) is 6.73. The first-order valence-corrected chi connectivity index (χ1v) is 7.67. The van der Waals surface area contributed by atoms with Gasteiger partial charge in [0.1, 0.15) is 5.75 Å². The number of hydrogen-bond donors (Lipinski definition) is 2. The molecule has 0 aliphatic carbocycles. The highest BCUT2D eigenvalue weighted by Gasteiger charge is 2.04. The second-order valence-electron chi connectivity index (χ2n) is 4.66. The van der Waals surface area contributed by atoms with Crippen LogP contribution < -0.4 is 5.43 Å². The summed E-state index contributed by atoms with van der Waals surface area (Å²) in [5.74, 6) is 0.176. The van der Waals surface area contributed by atoms with Crippen LogP contribution in [-0.4, -0.2) is 16.3 Å². The van der Waals surface area contributed by atoms with Gasteiger partial charge >= 0.3 is 0 Å². The van der Waals surface area contributed by atoms with Crippen LogP contribution in [0.3, 0.4) is 0 Å². The van der Waals surface area contributed by atoms with Gasteiger partial charge in [0.25, 0.3) is 0 Å². The lowest BCUT2D eigenvalue weighted by Crippen LogP contribution is -1.90. The molecule has 112 valence electrons. The molecular formula is C17H12N4OS. The number of hydrazone groups is 1. The van der Waals surface area contributed by atoms with Crippen molar-refractivity contribution in [1.82, 2.24) is 4.98 Å². The monoisotopic (exact) mass is 320 g/mol. The first-order chi connectivity index (χ1) is 11.3. The fourth-order valence-corrected chi connectivity index (χ4v) is 2.60. The van der Waals surface area contributed by atoms with E-state index >= 15 is 0 Å². The number of nitrogens with zero attached hydrogens (tertiary/aromatic N) is 3. The third-order valence-electron chi connectivity index (χ3n) is 3.11. The zero-order valence-corrected chi connectivity index (χ0v) is 12.8. The van der Waals surface area contributed by atoms with Crippen LogP contribution in [-0.2, 0) is 0 Å². The van der Waals surface area contributed by atoms with Crippen LogP contribution in [0, 0.1) is 11.3 Å². The minimum absolute atomic E-state index is 0.176. The van der Waals surface area contributed by atoms with Crippen molar-refractivity contribution in [2.24, 2.45) is 5.10 Å². The van der Waals surface area contributed by atoms with Gasteiger partial charge in [0.15, 0.2) is 0 Å². The number of thiazole rings is 1. The minimum atomic E-state index is 0.176. The van der Waals surface area contributed by atoms with Gasteiger partial charge in [-0.15, -0.1) is 11.3 Å². The molecule has 0 radical (unpaired) electrons. The van der Waals surface area contributed by atoms with Crippen molar-refractivity contribution >= 4 is 22.7 Å². The summed E-state index contributed by atoms with van der Waals surface area (Å²) in [6.45, 7) is 0. The summed E-state index contributed by atoms with van der Waals surface area (Å²) in [6.07, 6.45) is 1.54. The van der Waals surface area contributed by atoms with Gasteiger partial charge in [-0.1, -0.05) is 24.3 Å². The summed E-state index contributed by atoms with van der Waals surface area (Å²) in [7, 11) is 0. The molecule has 2 N–H and O–H groups in total. The lowest BCUT2D eigenvalue weighted by Gasteiger charge is -1.98. The van der Waals surface area contributed by atoms with E-state index in [0.29, 0.717) is 16.3 Å². The maximum absolute atomic E-state index is 9.65. The molecule has 5 nitrogen and oxygen atoms in total. The first-order valence-electron chi connectivity index (χ1n) is 6.79. The molecule has 0 saturated heterocycles. The quantitative estimate of drug-likeness (QED) is 0.565. The number of phenolic OH excluding ortho intramolecular Hbond substituents is 1. The Hall–Kier alpha value is -3.17. The predicted octanol–water partition coefficient (Wildman–Crippen LogP) is 3.83. The van der Waals surface area contributed by atoms with Gasteiger partial charge in [-0.05, 0) is 24.3 Å². The summed E-state index contributed by atoms with van der Waals surface area (Å²) in [5, 5.41) is 25.1. The van der Waals surface area contributed by atoms with E-state index in [1.54, 1.807) is 30.3 Å². The van der Waals surface area contributed by atoms with E-state index in [-0.39, 0.29) is 5.75 Å². The Kier molecular flexibility index (Phi) is 4.32. The molecule has 3 rings (SSSR count). The number of anilines is 1. The summed E-state index contributed by atoms with van der Waals surface area (Å²) < 4.78 is 0. The molecule has 0 spiro atoms. The van der Waals surface area contributed by atoms with Gasteiger partial charge in [-0.2, -0.15) is 10.4 Å². The number of nitriles is 1. The first kappa shape index (κ1) is 14.8. The van der Waals surface area contributed by atoms with E-state index < -0.39 is 0 Å². The van der Waals surface area contributed by atoms with Crippen molar-refractivity contribution < 1.29 is 5.11 Å². The SMILES string of the molecule is N#Cc1ccc(-c2csc(N/N=C/c3ccccc3O)n2)cc1. The fraction of sp³-hybridized carbons (Fsp3) is 0. The van der Waals surface area contributed by atoms with Crippen LogP contribution in [0.25, 0.3) is 11.3 Å². The van der Waals surface area contributed by atoms with Crippen LogP contribution in [0.15, 0.2) is 59.0 Å². The van der Waals surface area contributed by atoms with Crippen LogP contribution in [0.4, 0.5) is 5.13 Å². The summed E-state index contributed by atoms with van der Waals surface area (Å²) in [5.41, 5.74) is 5.86. The van der Waals surface area contributed by atoms with Gasteiger partial charge in [0, 0.05) is 16.5 Å². The van der Waals surface area contributed by atoms with Gasteiger partial charge in [0.2, 0.25) is 5.13 Å². The molecule has 0 aliphatic heterocycles. The Morgan fingerprint density at radius 1 is 1.17 bits per heavy atom. The lowest BCUT2D eigenvalue weighted by atomic mass is 10.1. The molecule has 0 saturated carbocycles. The van der Waals surface area contributed by atoms with Gasteiger partial charge in [-0.3, -0.25) is 5.43 Å². The molecule has 0 bridgehead atoms. The molecule has 0 unspecified atom stereocenters. The van der Waals surface area contributed by atoms with Crippen molar-refractivity contribution in [1.29, 1.82) is 5.26 Å². The zero-order chi connectivity index (χ0) is 16.1. The Labute approximate surface area is 137 Å². The van der Waals surface area contributed by atoms with Gasteiger partial charge in [-0.25, -0.2) is 4.98 Å². The number of aromatic hydroxyl groups is 1. The van der Waals surface area contributed by atoms with Gasteiger partial charge in [0.05, 0.1) is 23.5 Å². The highest BCUT2D eigenvalue weighted by molar-refractivity contribution is 7.14. The highest BCUT2D eigenvalue weighted by atomic mass is 32.1. The van der Waals surface area contributed by atoms with Crippen LogP contribution in [0.5, 0.6) is 5.75 Å². The van der Waals surface area contributed by atoms with Crippen molar-refractivity contribution in [3.05, 3.63) is 65.0 Å². The van der Waals surface area contributed by atoms with Crippen LogP contribution >= 0.6 is 11.3 Å². The number of nitrogens with one attached hydrogen (secondary N) is 1. The molecular weight excluding hydrogens is 308 g/mol. The maximum atomic E-state index is 9.65. The van der Waals surface area contributed by atoms with E-state index in [9.17, 15) is 5.11 Å². The number of para-hydroxylation sites is 1. The second-order valence-corrected chi connectivity index (χ2v) is 5.51. The Bertz CT molecular complexity index is 878. The van der Waals surface area contributed by atoms with E-state index in [2.05, 4.69) is 21.6 Å². The third kappa shape index (κ3) is 3.54. The normalized spacial score (nSPS) is 10.6. The highest BCUT2D eigenvalue weighted by Crippen LogP contribution is 2.25. The number of aromatic nitrogens is 1. The average Bonchev–Trinajstić information content (AvgIpc) is 3.06. The van der Waals surface area contributed by atoms with E-state index in [4.69, 9.17) is 5.26 Å². The van der Waals surface area contributed by atoms with Gasteiger partial charge < -0.3 is 5.11 Å². The van der Waals surface area contributed by atoms with Crippen molar-refractivity contribution in [2.75, 3.05) is 5.43 Å². The fourth-order valence-electron chi connectivity index (χ4n) is 1.93. The van der Waals surface area contributed by atoms with Crippen LogP contribution in [0.2, 0.25) is 0 Å². The van der Waals surface area contributed by atoms with E-state index in [1.807, 2.05) is 23.6 Å². The molecule has 0 fully saturated rings. The summed E-state index contributed by atoms with van der Waals surface area (Å²) in [4.78, 5) is 4.44. The molecule has 0 atom stereocenters. The molecule has 2 aromatic carbocycles. The molecule has 1 aromatic heterocycles. The number of hydrogen-bond acceptors (Lipinski definition) is 6. The van der Waals surface area contributed by atoms with E-state index in [1.165, 1.54) is 17.6 Å². The van der Waals surface area contributed by atoms with Crippen molar-refractivity contribution in [3.8, 4) is 23.1 Å². The largest absolute Gasteiger partial charge is 0.507 e. The molecule has 1 heterocycles. The standard InChI is InChI=1S/C17H12N4OS/c18-9-12-5-7-13(8-6-12)15-11-23-17(20-15)21-19-10-14-3-1-2-4-16(14)22/h1-8,10-11,22H,(H,20,21)/b19-10+. The zero-order valence-electron chi connectivity index (χ0n) is 12.0. The topological polar surface area (TPSA) is 81.3 Å². The molecule has 0 aliphatic rings. The Morgan fingerprint density at radius 2 is 1.96 bits per heavy atom. The minimum Gasteiger partial charge on any atom is -0.507 e. The smallest absolute Gasteiger partial charge is 0.203 e. The van der Waals surface area contributed by atoms with E-state index in [0.717, 1.165) is 11.3 Å². The molecule has 3 aromatic rings. The number of benzene rings is 2. The number of phenols is 1. The lowest BCUT2D eigenvalue weighted by molar-refractivity contribution is 0.474. The molecule has 0 amide bonds. The summed E-state index contributed by atoms with van der Waals surface area (Å²) >= 11 is 1.43. The Morgan fingerprint density at radius 3 is 2.70 bits per heavy atom. The Balaban J connectivity index is 1.70. The van der Waals surface area contributed by atoms with Crippen molar-refractivity contribution in [3.63, 3.8) is 0 Å². The third-order valence-corrected chi connectivity index (χ3v) is 3.86.